The summed E-state index contributed by atoms with van der Waals surface area (Å²) in [7, 11) is 0. The first-order valence-electron chi connectivity index (χ1n) is 11.8. The Labute approximate surface area is 220 Å². The lowest BCUT2D eigenvalue weighted by atomic mass is 10.1. The largest absolute Gasteiger partial charge is 0.480 e. The normalized spacial score (nSPS) is 13.9. The lowest BCUT2D eigenvalue weighted by Gasteiger charge is -2.24. The molecule has 0 rings (SSSR count). The average molecular weight is 548 g/mol. The highest BCUT2D eigenvalue weighted by Crippen LogP contribution is 2.06. The number of unbranched alkanes of at least 4 members (excludes halogenated alkanes) is 1. The van der Waals surface area contributed by atoms with Crippen LogP contribution in [0.15, 0.2) is 4.99 Å². The van der Waals surface area contributed by atoms with Crippen LogP contribution in [0.1, 0.15) is 44.9 Å². The smallest absolute Gasteiger partial charge is 0.326 e. The van der Waals surface area contributed by atoms with E-state index < -0.39 is 60.2 Å². The maximum atomic E-state index is 12.9. The van der Waals surface area contributed by atoms with E-state index in [1.165, 1.54) is 11.8 Å². The second kappa shape index (κ2) is 19.1. The Balaban J connectivity index is 5.39. The van der Waals surface area contributed by atoms with Gasteiger partial charge in [0.05, 0.1) is 12.5 Å². The van der Waals surface area contributed by atoms with Crippen molar-refractivity contribution < 1.29 is 29.1 Å². The quantitative estimate of drug-likeness (QED) is 0.0412. The minimum absolute atomic E-state index is 0.0451. The third-order valence-electron chi connectivity index (χ3n) is 5.15. The van der Waals surface area contributed by atoms with Gasteiger partial charge in [0.25, 0.3) is 0 Å². The molecular weight excluding hydrogens is 506 g/mol. The number of thioether (sulfide) groups is 1. The number of carboxylic acids is 1. The standard InChI is InChI=1S/C21H41N9O6S/c1-37-10-7-13(18(33)29-14(20(35)36)6-4-9-27-21(25)26)28-19(34)15(11-16(24)31)30-17(32)12(23)5-2-3-8-22/h12-15H,2-11,22-23H2,1H3,(H2,24,31)(H,28,34)(H,29,33)(H,30,32)(H,35,36)(H4,25,26,27). The molecule has 0 saturated heterocycles. The van der Waals surface area contributed by atoms with Crippen LogP contribution in [0.4, 0.5) is 0 Å². The predicted molar refractivity (Wildman–Crippen MR) is 141 cm³/mol. The van der Waals surface area contributed by atoms with Crippen LogP contribution in [-0.4, -0.2) is 89.9 Å². The van der Waals surface area contributed by atoms with Crippen molar-refractivity contribution in [3.05, 3.63) is 0 Å². The van der Waals surface area contributed by atoms with Crippen LogP contribution in [0.2, 0.25) is 0 Å². The van der Waals surface area contributed by atoms with Gasteiger partial charge in [0.15, 0.2) is 5.96 Å². The number of carboxylic acid groups (broad SMARTS) is 1. The summed E-state index contributed by atoms with van der Waals surface area (Å²) in [5.41, 5.74) is 27.0. The van der Waals surface area contributed by atoms with E-state index in [0.717, 1.165) is 0 Å². The Bertz CT molecular complexity index is 794. The number of carbonyl (C=O) groups excluding carboxylic acids is 4. The summed E-state index contributed by atoms with van der Waals surface area (Å²) in [5.74, 6) is -4.02. The third kappa shape index (κ3) is 15.6. The van der Waals surface area contributed by atoms with Gasteiger partial charge in [-0.05, 0) is 50.7 Å². The molecule has 4 atom stereocenters. The number of aliphatic carboxylic acids is 1. The van der Waals surface area contributed by atoms with Gasteiger partial charge in [-0.2, -0.15) is 11.8 Å². The fraction of sp³-hybridized carbons (Fsp3) is 0.714. The molecule has 4 unspecified atom stereocenters. The Hall–Kier alpha value is -3.11. The zero-order valence-electron chi connectivity index (χ0n) is 21.1. The van der Waals surface area contributed by atoms with Crippen LogP contribution < -0.4 is 44.6 Å². The average Bonchev–Trinajstić information content (AvgIpc) is 2.82. The molecule has 4 amide bonds. The zero-order valence-corrected chi connectivity index (χ0v) is 21.9. The van der Waals surface area contributed by atoms with Crippen molar-refractivity contribution >= 4 is 47.3 Å². The molecule has 0 aromatic carbocycles. The maximum Gasteiger partial charge on any atom is 0.326 e. The Morgan fingerprint density at radius 1 is 0.838 bits per heavy atom. The molecule has 0 fully saturated rings. The van der Waals surface area contributed by atoms with E-state index in [-0.39, 0.29) is 31.8 Å². The Morgan fingerprint density at radius 2 is 1.43 bits per heavy atom. The molecule has 14 N–H and O–H groups in total. The van der Waals surface area contributed by atoms with Crippen LogP contribution >= 0.6 is 11.8 Å². The van der Waals surface area contributed by atoms with Gasteiger partial charge >= 0.3 is 5.97 Å². The molecule has 0 aromatic rings. The molecule has 0 heterocycles. The van der Waals surface area contributed by atoms with Gasteiger partial charge in [0, 0.05) is 6.54 Å². The molecule has 16 heteroatoms. The van der Waals surface area contributed by atoms with E-state index >= 15 is 0 Å². The fourth-order valence-electron chi connectivity index (χ4n) is 3.14. The van der Waals surface area contributed by atoms with Crippen molar-refractivity contribution in [3.63, 3.8) is 0 Å². The molecule has 0 aliphatic rings. The molecule has 0 radical (unpaired) electrons. The number of hydrogen-bond donors (Lipinski definition) is 9. The SMILES string of the molecule is CSCCC(NC(=O)C(CC(N)=O)NC(=O)C(N)CCCCN)C(=O)NC(CCCN=C(N)N)C(=O)O. The number of primary amides is 1. The van der Waals surface area contributed by atoms with E-state index in [0.29, 0.717) is 31.6 Å². The van der Waals surface area contributed by atoms with Crippen LogP contribution in [0.5, 0.6) is 0 Å². The van der Waals surface area contributed by atoms with Crippen molar-refractivity contribution in [1.29, 1.82) is 0 Å². The van der Waals surface area contributed by atoms with Crippen LogP contribution in [-0.2, 0) is 24.0 Å². The number of carbonyl (C=O) groups is 5. The molecule has 0 aliphatic heterocycles. The number of nitrogens with one attached hydrogen (secondary N) is 3. The summed E-state index contributed by atoms with van der Waals surface area (Å²) in [6.07, 6.45) is 3.37. The molecule has 0 spiro atoms. The number of nitrogens with zero attached hydrogens (tertiary/aromatic N) is 1. The van der Waals surface area contributed by atoms with Gasteiger partial charge < -0.3 is 49.7 Å². The number of hydrogen-bond acceptors (Lipinski definition) is 9. The first-order chi connectivity index (χ1) is 17.4. The summed E-state index contributed by atoms with van der Waals surface area (Å²) in [5, 5.41) is 16.8. The van der Waals surface area contributed by atoms with Crippen LogP contribution in [0, 0.1) is 0 Å². The molecule has 212 valence electrons. The number of amides is 4. The monoisotopic (exact) mass is 547 g/mol. The molecule has 37 heavy (non-hydrogen) atoms. The number of aliphatic imine (C=N–C) groups is 1. The first-order valence-corrected chi connectivity index (χ1v) is 13.2. The molecule has 0 aromatic heterocycles. The van der Waals surface area contributed by atoms with Crippen LogP contribution in [0.3, 0.4) is 0 Å². The zero-order chi connectivity index (χ0) is 28.4. The minimum atomic E-state index is -1.37. The van der Waals surface area contributed by atoms with E-state index in [2.05, 4.69) is 20.9 Å². The van der Waals surface area contributed by atoms with Crippen molar-refractivity contribution in [2.24, 2.45) is 33.7 Å². The number of rotatable bonds is 20. The van der Waals surface area contributed by atoms with Crippen LogP contribution in [0.25, 0.3) is 0 Å². The lowest BCUT2D eigenvalue weighted by Crippen LogP contribution is -2.57. The van der Waals surface area contributed by atoms with Gasteiger partial charge in [0.2, 0.25) is 23.6 Å². The predicted octanol–water partition coefficient (Wildman–Crippen LogP) is -3.34. The van der Waals surface area contributed by atoms with Crippen molar-refractivity contribution in [2.45, 2.75) is 69.1 Å². The highest BCUT2D eigenvalue weighted by molar-refractivity contribution is 7.98. The third-order valence-corrected chi connectivity index (χ3v) is 5.79. The number of guanidine groups is 1. The van der Waals surface area contributed by atoms with E-state index in [1.54, 1.807) is 6.26 Å². The van der Waals surface area contributed by atoms with E-state index in [1.807, 2.05) is 0 Å². The summed E-state index contributed by atoms with van der Waals surface area (Å²) in [6, 6.07) is -4.68. The highest BCUT2D eigenvalue weighted by atomic mass is 32.2. The minimum Gasteiger partial charge on any atom is -0.480 e. The van der Waals surface area contributed by atoms with E-state index in [9.17, 15) is 29.1 Å². The number of nitrogens with two attached hydrogens (primary N) is 5. The molecule has 0 bridgehead atoms. The topological polar surface area (TPSA) is 284 Å². The Kier molecular flexibility index (Phi) is 17.5. The van der Waals surface area contributed by atoms with Gasteiger partial charge in [-0.3, -0.25) is 24.2 Å². The van der Waals surface area contributed by atoms with Gasteiger partial charge in [-0.25, -0.2) is 4.79 Å². The molecule has 0 saturated carbocycles. The molecule has 0 aliphatic carbocycles. The van der Waals surface area contributed by atoms with Crippen molar-refractivity contribution in [2.75, 3.05) is 25.1 Å². The van der Waals surface area contributed by atoms with Gasteiger partial charge in [0.1, 0.15) is 18.1 Å². The van der Waals surface area contributed by atoms with Crippen molar-refractivity contribution in [3.8, 4) is 0 Å². The molecule has 15 nitrogen and oxygen atoms in total. The summed E-state index contributed by atoms with van der Waals surface area (Å²) in [4.78, 5) is 65.2. The second-order valence-corrected chi connectivity index (χ2v) is 9.30. The van der Waals surface area contributed by atoms with Gasteiger partial charge in [-0.1, -0.05) is 6.42 Å². The lowest BCUT2D eigenvalue weighted by molar-refractivity contribution is -0.142. The summed E-state index contributed by atoms with van der Waals surface area (Å²) < 4.78 is 0. The van der Waals surface area contributed by atoms with Crippen molar-refractivity contribution in [1.82, 2.24) is 16.0 Å². The van der Waals surface area contributed by atoms with Gasteiger partial charge in [-0.15, -0.1) is 0 Å². The summed E-state index contributed by atoms with van der Waals surface area (Å²) in [6.45, 7) is 0.622. The first kappa shape index (κ1) is 33.9. The van der Waals surface area contributed by atoms with E-state index in [4.69, 9.17) is 28.7 Å². The highest BCUT2D eigenvalue weighted by Gasteiger charge is 2.30. The fourth-order valence-corrected chi connectivity index (χ4v) is 3.61. The molecular formula is C21H41N9O6S. The summed E-state index contributed by atoms with van der Waals surface area (Å²) >= 11 is 1.41. The maximum absolute atomic E-state index is 12.9. The Morgan fingerprint density at radius 3 is 1.97 bits per heavy atom. The second-order valence-electron chi connectivity index (χ2n) is 8.31.